The number of nitrogens with zero attached hydrogens (tertiary/aromatic N) is 2. The Labute approximate surface area is 216 Å². The molecule has 206 valence electrons. The van der Waals surface area contributed by atoms with Gasteiger partial charge in [-0.25, -0.2) is 8.42 Å². The Hall–Kier alpha value is -2.14. The van der Waals surface area contributed by atoms with Crippen molar-refractivity contribution in [2.24, 2.45) is 17.8 Å². The van der Waals surface area contributed by atoms with Crippen LogP contribution in [0.25, 0.3) is 0 Å². The van der Waals surface area contributed by atoms with E-state index < -0.39 is 38.8 Å². The van der Waals surface area contributed by atoms with Crippen molar-refractivity contribution in [1.82, 2.24) is 15.1 Å². The Morgan fingerprint density at radius 2 is 1.86 bits per heavy atom. The molecule has 2 saturated heterocycles. The molecule has 0 spiro atoms. The number of carbonyl (C=O) groups is 2. The van der Waals surface area contributed by atoms with Gasteiger partial charge in [-0.15, -0.1) is 0 Å². The normalized spacial score (nSPS) is 28.9. The Kier molecular flexibility index (Phi) is 7.69. The first-order valence-corrected chi connectivity index (χ1v) is 14.6. The molecule has 5 atom stereocenters. The minimum atomic E-state index is -4.58. The molecule has 7 nitrogen and oxygen atoms in total. The maximum absolute atomic E-state index is 13.4. The van der Waals surface area contributed by atoms with E-state index in [9.17, 15) is 31.2 Å². The maximum atomic E-state index is 13.4. The fourth-order valence-corrected chi connectivity index (χ4v) is 7.55. The van der Waals surface area contributed by atoms with Crippen molar-refractivity contribution in [3.8, 4) is 0 Å². The van der Waals surface area contributed by atoms with E-state index in [1.54, 1.807) is 18.7 Å². The van der Waals surface area contributed by atoms with Crippen LogP contribution in [0.3, 0.4) is 0 Å². The predicted molar refractivity (Wildman–Crippen MR) is 134 cm³/mol. The van der Waals surface area contributed by atoms with E-state index >= 15 is 0 Å². The van der Waals surface area contributed by atoms with E-state index in [2.05, 4.69) is 24.1 Å². The van der Waals surface area contributed by atoms with Gasteiger partial charge < -0.3 is 15.1 Å². The number of hydrogen-bond donors (Lipinski definition) is 1. The molecule has 1 unspecified atom stereocenters. The van der Waals surface area contributed by atoms with Crippen LogP contribution < -0.4 is 5.32 Å². The van der Waals surface area contributed by atoms with Gasteiger partial charge >= 0.3 is 6.18 Å². The quantitative estimate of drug-likeness (QED) is 0.571. The van der Waals surface area contributed by atoms with Crippen LogP contribution in [0.1, 0.15) is 56.5 Å². The molecule has 2 aliphatic heterocycles. The average molecular weight is 544 g/mol. The number of halogens is 3. The van der Waals surface area contributed by atoms with E-state index in [1.165, 1.54) is 6.07 Å². The van der Waals surface area contributed by atoms with Crippen molar-refractivity contribution < 1.29 is 31.2 Å². The zero-order chi connectivity index (χ0) is 27.3. The van der Waals surface area contributed by atoms with E-state index in [4.69, 9.17) is 0 Å². The molecular formula is C26H36F3N3O4S. The molecule has 0 bridgehead atoms. The van der Waals surface area contributed by atoms with Crippen molar-refractivity contribution in [2.45, 2.75) is 70.1 Å². The number of rotatable bonds is 7. The van der Waals surface area contributed by atoms with Crippen molar-refractivity contribution in [2.75, 3.05) is 25.4 Å². The molecule has 3 fully saturated rings. The monoisotopic (exact) mass is 543 g/mol. The van der Waals surface area contributed by atoms with Gasteiger partial charge in [0.2, 0.25) is 5.91 Å². The summed E-state index contributed by atoms with van der Waals surface area (Å²) in [5.41, 5.74) is -1.09. The topological polar surface area (TPSA) is 86.8 Å². The fraction of sp³-hybridized carbons (Fsp3) is 0.692. The van der Waals surface area contributed by atoms with Crippen molar-refractivity contribution in [3.63, 3.8) is 0 Å². The smallest absolute Gasteiger partial charge is 0.340 e. The number of sulfone groups is 1. The van der Waals surface area contributed by atoms with Crippen LogP contribution in [-0.4, -0.2) is 78.8 Å². The van der Waals surface area contributed by atoms with Crippen LogP contribution in [-0.2, 0) is 20.8 Å². The Morgan fingerprint density at radius 3 is 2.49 bits per heavy atom. The molecule has 37 heavy (non-hydrogen) atoms. The van der Waals surface area contributed by atoms with Crippen molar-refractivity contribution >= 4 is 21.7 Å². The number of nitrogens with one attached hydrogen (secondary N) is 1. The van der Waals surface area contributed by atoms with Gasteiger partial charge in [-0.2, -0.15) is 13.2 Å². The van der Waals surface area contributed by atoms with Gasteiger partial charge in [0.05, 0.1) is 16.6 Å². The van der Waals surface area contributed by atoms with Gasteiger partial charge in [0, 0.05) is 37.3 Å². The highest BCUT2D eigenvalue weighted by molar-refractivity contribution is 7.91. The molecule has 2 heterocycles. The lowest BCUT2D eigenvalue weighted by Gasteiger charge is -2.33. The lowest BCUT2D eigenvalue weighted by Crippen LogP contribution is -2.48. The molecule has 11 heteroatoms. The van der Waals surface area contributed by atoms with Crippen LogP contribution in [0.15, 0.2) is 24.3 Å². The molecule has 1 saturated carbocycles. The Bertz CT molecular complexity index is 1140. The van der Waals surface area contributed by atoms with Gasteiger partial charge in [0.1, 0.15) is 6.04 Å². The average Bonchev–Trinajstić information content (AvgIpc) is 3.47. The number of carbonyl (C=O) groups excluding carboxylic acids is 2. The summed E-state index contributed by atoms with van der Waals surface area (Å²) < 4.78 is 65.0. The summed E-state index contributed by atoms with van der Waals surface area (Å²) in [6.07, 6.45) is -3.53. The highest BCUT2D eigenvalue weighted by Crippen LogP contribution is 2.46. The first-order valence-electron chi connectivity index (χ1n) is 12.9. The maximum Gasteiger partial charge on any atom is 0.416 e. The van der Waals surface area contributed by atoms with Gasteiger partial charge in [-0.1, -0.05) is 6.07 Å². The van der Waals surface area contributed by atoms with Crippen LogP contribution in [0.2, 0.25) is 0 Å². The third-order valence-corrected chi connectivity index (χ3v) is 10.7. The van der Waals surface area contributed by atoms with Crippen LogP contribution in [0.4, 0.5) is 13.2 Å². The van der Waals surface area contributed by atoms with Crippen LogP contribution in [0, 0.1) is 17.8 Å². The first kappa shape index (κ1) is 27.9. The molecule has 1 aromatic carbocycles. The molecule has 0 radical (unpaired) electrons. The third-order valence-electron chi connectivity index (χ3n) is 8.38. The summed E-state index contributed by atoms with van der Waals surface area (Å²) in [5, 5.41) is 2.10. The zero-order valence-corrected chi connectivity index (χ0v) is 22.5. The number of fused-ring (bicyclic) bond motifs is 1. The second kappa shape index (κ2) is 10.2. The Balaban J connectivity index is 1.49. The Morgan fingerprint density at radius 1 is 1.16 bits per heavy atom. The van der Waals surface area contributed by atoms with Gasteiger partial charge in [0.15, 0.2) is 9.84 Å². The molecule has 1 aromatic rings. The number of amides is 2. The minimum Gasteiger partial charge on any atom is -0.340 e. The second-order valence-electron chi connectivity index (χ2n) is 11.2. The second-order valence-corrected chi connectivity index (χ2v) is 13.8. The summed E-state index contributed by atoms with van der Waals surface area (Å²) in [6.45, 7) is 9.64. The molecular weight excluding hydrogens is 507 g/mol. The largest absolute Gasteiger partial charge is 0.416 e. The standard InChI is InChI=1S/C26H36F3N3O4S/c1-15(2)31-12-18-11-23(21(20(18)13-31)14-37(35,36)16(3)4)32-9-8-22(25(32)34)30-24(33)17-6-5-7-19(10-17)26(27,28)29/h5-7,10,15-16,18,20-23H,8-9,11-14H2,1-4H3,(H,30,33)/t18-,20+,21+,22?,23-/m0/s1. The van der Waals surface area contributed by atoms with Crippen molar-refractivity contribution in [1.29, 1.82) is 0 Å². The minimum absolute atomic E-state index is 0.0213. The molecule has 1 aliphatic carbocycles. The summed E-state index contributed by atoms with van der Waals surface area (Å²) in [4.78, 5) is 30.2. The van der Waals surface area contributed by atoms with E-state index in [1.807, 2.05) is 0 Å². The molecule has 2 amide bonds. The van der Waals surface area contributed by atoms with E-state index in [0.29, 0.717) is 31.3 Å². The molecule has 4 rings (SSSR count). The first-order chi connectivity index (χ1) is 17.2. The summed E-state index contributed by atoms with van der Waals surface area (Å²) in [6, 6.07) is 3.39. The highest BCUT2D eigenvalue weighted by Gasteiger charge is 2.53. The van der Waals surface area contributed by atoms with Crippen LogP contribution in [0.5, 0.6) is 0 Å². The van der Waals surface area contributed by atoms with E-state index in [-0.39, 0.29) is 35.1 Å². The molecule has 0 aromatic heterocycles. The number of hydrogen-bond acceptors (Lipinski definition) is 5. The third kappa shape index (κ3) is 5.67. The summed E-state index contributed by atoms with van der Waals surface area (Å²) >= 11 is 0. The summed E-state index contributed by atoms with van der Waals surface area (Å²) in [5.74, 6) is -0.728. The molecule has 1 N–H and O–H groups in total. The van der Waals surface area contributed by atoms with Crippen LogP contribution >= 0.6 is 0 Å². The SMILES string of the molecule is CC(C)N1C[C@@H]2C[C@H](N3CCC(NC(=O)c4cccc(C(F)(F)F)c4)C3=O)[C@H](CS(=O)(=O)C(C)C)[C@@H]2C1. The number of alkyl halides is 3. The highest BCUT2D eigenvalue weighted by atomic mass is 32.2. The molecule has 3 aliphatic rings. The fourth-order valence-electron chi connectivity index (χ4n) is 6.15. The zero-order valence-electron chi connectivity index (χ0n) is 21.7. The van der Waals surface area contributed by atoms with E-state index in [0.717, 1.165) is 31.3 Å². The van der Waals surface area contributed by atoms with Gasteiger partial charge in [-0.05, 0) is 76.5 Å². The lowest BCUT2D eigenvalue weighted by molar-refractivity contribution is -0.137. The lowest BCUT2D eigenvalue weighted by atomic mass is 9.92. The van der Waals surface area contributed by atoms with Gasteiger partial charge in [-0.3, -0.25) is 9.59 Å². The van der Waals surface area contributed by atoms with Gasteiger partial charge in [0.25, 0.3) is 5.91 Å². The van der Waals surface area contributed by atoms with Crippen molar-refractivity contribution in [3.05, 3.63) is 35.4 Å². The summed E-state index contributed by atoms with van der Waals surface area (Å²) in [7, 11) is -3.34. The number of likely N-dealkylation sites (tertiary alicyclic amines) is 2. The number of benzene rings is 1. The predicted octanol–water partition coefficient (Wildman–Crippen LogP) is 3.20.